The average Bonchev–Trinajstić information content (AvgIpc) is 2.77. The van der Waals surface area contributed by atoms with Crippen molar-refractivity contribution in [3.63, 3.8) is 0 Å². The highest BCUT2D eigenvalue weighted by Gasteiger charge is 2.28. The molecule has 0 spiro atoms. The van der Waals surface area contributed by atoms with Gasteiger partial charge in [0.05, 0.1) is 6.61 Å². The van der Waals surface area contributed by atoms with E-state index in [4.69, 9.17) is 16.3 Å². The first-order chi connectivity index (χ1) is 15.3. The maximum Gasteiger partial charge on any atom is 0.242 e. The van der Waals surface area contributed by atoms with Crippen molar-refractivity contribution in [3.05, 3.63) is 64.7 Å². The topological polar surface area (TPSA) is 58.6 Å². The Balaban J connectivity index is 2.03. The zero-order valence-corrected chi connectivity index (χ0v) is 20.3. The first-order valence-corrected chi connectivity index (χ1v) is 11.7. The van der Waals surface area contributed by atoms with E-state index in [0.717, 1.165) is 16.9 Å². The smallest absolute Gasteiger partial charge is 0.242 e. The molecule has 1 N–H and O–H groups in total. The number of rotatable bonds is 12. The van der Waals surface area contributed by atoms with E-state index in [1.165, 1.54) is 0 Å². The lowest BCUT2D eigenvalue weighted by atomic mass is 10.1. The van der Waals surface area contributed by atoms with E-state index in [0.29, 0.717) is 49.9 Å². The van der Waals surface area contributed by atoms with E-state index in [1.807, 2.05) is 38.1 Å². The first-order valence-electron chi connectivity index (χ1n) is 11.3. The molecule has 2 aromatic rings. The number of hydrogen-bond donors (Lipinski definition) is 1. The van der Waals surface area contributed by atoms with Gasteiger partial charge in [-0.2, -0.15) is 0 Å². The summed E-state index contributed by atoms with van der Waals surface area (Å²) in [6.45, 7) is 9.50. The Bertz CT molecular complexity index is 850. The van der Waals surface area contributed by atoms with Crippen LogP contribution in [0.2, 0.25) is 5.02 Å². The lowest BCUT2D eigenvalue weighted by molar-refractivity contribution is -0.141. The molecule has 0 unspecified atom stereocenters. The number of hydrogen-bond acceptors (Lipinski definition) is 3. The summed E-state index contributed by atoms with van der Waals surface area (Å²) in [5.41, 5.74) is 2.17. The molecule has 0 aliphatic carbocycles. The Morgan fingerprint density at radius 3 is 2.31 bits per heavy atom. The number of halogens is 1. The molecule has 0 aliphatic heterocycles. The van der Waals surface area contributed by atoms with Gasteiger partial charge in [-0.25, -0.2) is 0 Å². The molecule has 1 atom stereocenters. The monoisotopic (exact) mass is 458 g/mol. The SMILES string of the molecule is CC[C@H](C(=O)NCC(C)C)N(Cc1ccc(C)cc1)C(=O)CCCOc1ccc(Cl)cc1. The van der Waals surface area contributed by atoms with Crippen molar-refractivity contribution in [1.29, 1.82) is 0 Å². The minimum absolute atomic E-state index is 0.0446. The number of ether oxygens (including phenoxy) is 1. The van der Waals surface area contributed by atoms with Gasteiger partial charge in [-0.3, -0.25) is 9.59 Å². The molecule has 0 saturated heterocycles. The maximum absolute atomic E-state index is 13.2. The summed E-state index contributed by atoms with van der Waals surface area (Å²) in [7, 11) is 0. The molecular formula is C26H35ClN2O3. The molecule has 174 valence electrons. The normalized spacial score (nSPS) is 11.8. The molecule has 0 aromatic heterocycles. The predicted octanol–water partition coefficient (Wildman–Crippen LogP) is 5.39. The van der Waals surface area contributed by atoms with Crippen LogP contribution in [-0.2, 0) is 16.1 Å². The van der Waals surface area contributed by atoms with Gasteiger partial charge < -0.3 is 15.0 Å². The number of aryl methyl sites for hydroxylation is 1. The van der Waals surface area contributed by atoms with E-state index < -0.39 is 6.04 Å². The zero-order chi connectivity index (χ0) is 23.5. The van der Waals surface area contributed by atoms with Gasteiger partial charge in [0, 0.05) is 24.5 Å². The summed E-state index contributed by atoms with van der Waals surface area (Å²) in [6.07, 6.45) is 1.44. The molecule has 0 radical (unpaired) electrons. The van der Waals surface area contributed by atoms with Crippen LogP contribution in [0.1, 0.15) is 51.2 Å². The van der Waals surface area contributed by atoms with E-state index in [2.05, 4.69) is 19.2 Å². The third-order valence-electron chi connectivity index (χ3n) is 5.16. The van der Waals surface area contributed by atoms with Gasteiger partial charge in [0.2, 0.25) is 11.8 Å². The lowest BCUT2D eigenvalue weighted by Crippen LogP contribution is -2.49. The second-order valence-corrected chi connectivity index (χ2v) is 8.91. The standard InChI is InChI=1S/C26H35ClN2O3/c1-5-24(26(31)28-17-19(2)3)29(18-21-10-8-20(4)9-11-21)25(30)7-6-16-32-23-14-12-22(27)13-15-23/h8-15,19,24H,5-7,16-18H2,1-4H3,(H,28,31)/t24-/m1/s1. The van der Waals surface area contributed by atoms with Crippen molar-refractivity contribution < 1.29 is 14.3 Å². The highest BCUT2D eigenvalue weighted by atomic mass is 35.5. The molecule has 2 amide bonds. The Morgan fingerprint density at radius 1 is 1.06 bits per heavy atom. The quantitative estimate of drug-likeness (QED) is 0.434. The van der Waals surface area contributed by atoms with Gasteiger partial charge in [0.25, 0.3) is 0 Å². The van der Waals surface area contributed by atoms with Crippen molar-refractivity contribution in [2.45, 2.75) is 59.5 Å². The number of carbonyl (C=O) groups excluding carboxylic acids is 2. The molecule has 0 saturated carbocycles. The summed E-state index contributed by atoms with van der Waals surface area (Å²) < 4.78 is 5.71. The van der Waals surface area contributed by atoms with E-state index in [9.17, 15) is 9.59 Å². The third kappa shape index (κ3) is 8.54. The number of carbonyl (C=O) groups is 2. The van der Waals surface area contributed by atoms with Crippen LogP contribution in [0.15, 0.2) is 48.5 Å². The Kier molecular flexibility index (Phi) is 10.5. The molecule has 0 heterocycles. The van der Waals surface area contributed by atoms with Crippen LogP contribution in [0.5, 0.6) is 5.75 Å². The highest BCUT2D eigenvalue weighted by molar-refractivity contribution is 6.30. The summed E-state index contributed by atoms with van der Waals surface area (Å²) >= 11 is 5.89. The van der Waals surface area contributed by atoms with Gasteiger partial charge >= 0.3 is 0 Å². The Morgan fingerprint density at radius 2 is 1.72 bits per heavy atom. The molecule has 2 rings (SSSR count). The van der Waals surface area contributed by atoms with Gasteiger partial charge in [-0.15, -0.1) is 0 Å². The van der Waals surface area contributed by atoms with Crippen molar-refractivity contribution in [3.8, 4) is 5.75 Å². The van der Waals surface area contributed by atoms with Crippen LogP contribution in [-0.4, -0.2) is 35.9 Å². The highest BCUT2D eigenvalue weighted by Crippen LogP contribution is 2.17. The second-order valence-electron chi connectivity index (χ2n) is 8.48. The minimum Gasteiger partial charge on any atom is -0.494 e. The summed E-state index contributed by atoms with van der Waals surface area (Å²) in [5.74, 6) is 0.927. The minimum atomic E-state index is -0.500. The van der Waals surface area contributed by atoms with E-state index in [1.54, 1.807) is 29.2 Å². The number of amides is 2. The number of benzene rings is 2. The van der Waals surface area contributed by atoms with Gasteiger partial charge in [-0.1, -0.05) is 62.2 Å². The molecule has 6 heteroatoms. The van der Waals surface area contributed by atoms with Gasteiger partial charge in [-0.05, 0) is 55.5 Å². The van der Waals surface area contributed by atoms with Crippen molar-refractivity contribution in [1.82, 2.24) is 10.2 Å². The van der Waals surface area contributed by atoms with E-state index in [-0.39, 0.29) is 11.8 Å². The fourth-order valence-electron chi connectivity index (χ4n) is 3.32. The molecule has 0 fully saturated rings. The van der Waals surface area contributed by atoms with Crippen LogP contribution in [0.3, 0.4) is 0 Å². The molecular weight excluding hydrogens is 424 g/mol. The summed E-state index contributed by atoms with van der Waals surface area (Å²) in [5, 5.41) is 3.64. The Labute approximate surface area is 197 Å². The molecule has 32 heavy (non-hydrogen) atoms. The lowest BCUT2D eigenvalue weighted by Gasteiger charge is -2.31. The van der Waals surface area contributed by atoms with Crippen LogP contribution in [0, 0.1) is 12.8 Å². The predicted molar refractivity (Wildman–Crippen MR) is 130 cm³/mol. The maximum atomic E-state index is 13.2. The zero-order valence-electron chi connectivity index (χ0n) is 19.6. The largest absolute Gasteiger partial charge is 0.494 e. The number of nitrogens with zero attached hydrogens (tertiary/aromatic N) is 1. The van der Waals surface area contributed by atoms with Crippen LogP contribution >= 0.6 is 11.6 Å². The van der Waals surface area contributed by atoms with Gasteiger partial charge in [0.15, 0.2) is 0 Å². The summed E-state index contributed by atoms with van der Waals surface area (Å²) in [6, 6.07) is 14.7. The third-order valence-corrected chi connectivity index (χ3v) is 5.41. The van der Waals surface area contributed by atoms with E-state index >= 15 is 0 Å². The fourth-order valence-corrected chi connectivity index (χ4v) is 3.45. The number of nitrogens with one attached hydrogen (secondary N) is 1. The van der Waals surface area contributed by atoms with Crippen molar-refractivity contribution >= 4 is 23.4 Å². The van der Waals surface area contributed by atoms with Crippen molar-refractivity contribution in [2.75, 3.05) is 13.2 Å². The van der Waals surface area contributed by atoms with Gasteiger partial charge in [0.1, 0.15) is 11.8 Å². The molecule has 0 bridgehead atoms. The first kappa shape index (κ1) is 25.7. The van der Waals surface area contributed by atoms with Crippen molar-refractivity contribution in [2.24, 2.45) is 5.92 Å². The summed E-state index contributed by atoms with van der Waals surface area (Å²) in [4.78, 5) is 27.8. The molecule has 2 aromatic carbocycles. The Hall–Kier alpha value is -2.53. The average molecular weight is 459 g/mol. The van der Waals surface area contributed by atoms with Crippen LogP contribution in [0.4, 0.5) is 0 Å². The van der Waals surface area contributed by atoms with Crippen LogP contribution < -0.4 is 10.1 Å². The molecule has 0 aliphatic rings. The fraction of sp³-hybridized carbons (Fsp3) is 0.462. The van der Waals surface area contributed by atoms with Crippen LogP contribution in [0.25, 0.3) is 0 Å². The molecule has 5 nitrogen and oxygen atoms in total. The second kappa shape index (κ2) is 13.1.